The molecule has 5 rings (SSSR count). The van der Waals surface area contributed by atoms with Crippen molar-refractivity contribution in [2.24, 2.45) is 5.10 Å². The number of ether oxygens (including phenoxy) is 1. The van der Waals surface area contributed by atoms with Gasteiger partial charge in [-0.15, -0.1) is 11.3 Å². The molecule has 2 amide bonds. The number of halogens is 1. The van der Waals surface area contributed by atoms with Gasteiger partial charge in [0.1, 0.15) is 5.75 Å². The smallest absolute Gasteiger partial charge is 0.271 e. The fourth-order valence-corrected chi connectivity index (χ4v) is 4.66. The normalized spacial score (nSPS) is 10.8. The number of anilines is 3. The molecule has 0 aliphatic heterocycles. The van der Waals surface area contributed by atoms with Gasteiger partial charge in [-0.2, -0.15) is 5.10 Å². The molecule has 0 saturated heterocycles. The van der Waals surface area contributed by atoms with Gasteiger partial charge in [-0.1, -0.05) is 66.2 Å². The van der Waals surface area contributed by atoms with E-state index in [1.165, 1.54) is 17.6 Å². The molecular weight excluding hydrogens is 558 g/mol. The summed E-state index contributed by atoms with van der Waals surface area (Å²) < 4.78 is 5.67. The number of hydrazone groups is 1. The van der Waals surface area contributed by atoms with Gasteiger partial charge in [0, 0.05) is 27.8 Å². The van der Waals surface area contributed by atoms with Crippen LogP contribution in [0.4, 0.5) is 16.5 Å². The first kappa shape index (κ1) is 27.6. The molecule has 0 saturated carbocycles. The summed E-state index contributed by atoms with van der Waals surface area (Å²) in [6.45, 7) is -0.225. The molecule has 8 nitrogen and oxygen atoms in total. The second kappa shape index (κ2) is 13.4. The zero-order valence-corrected chi connectivity index (χ0v) is 23.2. The Balaban J connectivity index is 1.15. The Hall–Kier alpha value is -4.99. The average Bonchev–Trinajstić information content (AvgIpc) is 3.47. The second-order valence-corrected chi connectivity index (χ2v) is 9.93. The Morgan fingerprint density at radius 3 is 2.44 bits per heavy atom. The van der Waals surface area contributed by atoms with E-state index in [1.807, 2.05) is 47.8 Å². The van der Waals surface area contributed by atoms with Gasteiger partial charge in [0.15, 0.2) is 11.7 Å². The fourth-order valence-electron chi connectivity index (χ4n) is 3.74. The highest BCUT2D eigenvalue weighted by Gasteiger charge is 2.10. The highest BCUT2D eigenvalue weighted by molar-refractivity contribution is 7.14. The van der Waals surface area contributed by atoms with E-state index in [0.29, 0.717) is 27.6 Å². The number of aromatic nitrogens is 1. The molecule has 4 aromatic carbocycles. The van der Waals surface area contributed by atoms with Crippen LogP contribution in [0.3, 0.4) is 0 Å². The predicted octanol–water partition coefficient (Wildman–Crippen LogP) is 6.99. The Morgan fingerprint density at radius 1 is 0.902 bits per heavy atom. The van der Waals surface area contributed by atoms with Crippen LogP contribution in [0.2, 0.25) is 5.02 Å². The highest BCUT2D eigenvalue weighted by Crippen LogP contribution is 2.27. The van der Waals surface area contributed by atoms with E-state index in [4.69, 9.17) is 16.3 Å². The standard InChI is InChI=1S/C31H24ClN5O3S/c32-25-11-5-6-12-26(25)35-29(38)19-40-28-13-7-4-8-23(28)18-33-37-30(39)22-16-14-21(15-17-22)27-20-41-31(36-27)34-24-9-2-1-3-10-24/h1-18,20H,19H2,(H,34,36)(H,35,38)(H,37,39)/b33-18+. The van der Waals surface area contributed by atoms with E-state index in [9.17, 15) is 9.59 Å². The van der Waals surface area contributed by atoms with Crippen LogP contribution in [0.1, 0.15) is 15.9 Å². The summed E-state index contributed by atoms with van der Waals surface area (Å²) in [4.78, 5) is 29.6. The van der Waals surface area contributed by atoms with Gasteiger partial charge in [0.25, 0.3) is 11.8 Å². The lowest BCUT2D eigenvalue weighted by molar-refractivity contribution is -0.118. The van der Waals surface area contributed by atoms with Crippen molar-refractivity contribution in [3.63, 3.8) is 0 Å². The maximum Gasteiger partial charge on any atom is 0.271 e. The third-order valence-corrected chi connectivity index (χ3v) is 6.85. The average molecular weight is 582 g/mol. The van der Waals surface area contributed by atoms with Gasteiger partial charge in [-0.05, 0) is 48.5 Å². The molecular formula is C31H24ClN5O3S. The van der Waals surface area contributed by atoms with Crippen molar-refractivity contribution in [1.29, 1.82) is 0 Å². The number of carbonyl (C=O) groups is 2. The molecule has 41 heavy (non-hydrogen) atoms. The van der Waals surface area contributed by atoms with Crippen LogP contribution in [-0.4, -0.2) is 29.6 Å². The molecule has 1 aromatic heterocycles. The van der Waals surface area contributed by atoms with Crippen LogP contribution < -0.4 is 20.8 Å². The Morgan fingerprint density at radius 2 is 1.63 bits per heavy atom. The third kappa shape index (κ3) is 7.57. The van der Waals surface area contributed by atoms with Crippen molar-refractivity contribution >= 4 is 57.5 Å². The van der Waals surface area contributed by atoms with E-state index >= 15 is 0 Å². The van der Waals surface area contributed by atoms with Crippen LogP contribution in [-0.2, 0) is 4.79 Å². The third-order valence-electron chi connectivity index (χ3n) is 5.77. The summed E-state index contributed by atoms with van der Waals surface area (Å²) in [7, 11) is 0. The van der Waals surface area contributed by atoms with E-state index in [0.717, 1.165) is 22.1 Å². The molecule has 0 spiro atoms. The minimum atomic E-state index is -0.366. The summed E-state index contributed by atoms with van der Waals surface area (Å²) in [6, 6.07) is 31.0. The van der Waals surface area contributed by atoms with Crippen LogP contribution in [0.5, 0.6) is 5.75 Å². The Labute approximate surface area is 245 Å². The molecule has 5 aromatic rings. The molecule has 0 atom stereocenters. The van der Waals surface area contributed by atoms with E-state index in [1.54, 1.807) is 60.7 Å². The molecule has 10 heteroatoms. The maximum atomic E-state index is 12.6. The maximum absolute atomic E-state index is 12.6. The summed E-state index contributed by atoms with van der Waals surface area (Å²) >= 11 is 7.59. The molecule has 1 heterocycles. The van der Waals surface area contributed by atoms with E-state index < -0.39 is 0 Å². The van der Waals surface area contributed by atoms with Crippen molar-refractivity contribution in [1.82, 2.24) is 10.4 Å². The zero-order valence-electron chi connectivity index (χ0n) is 21.6. The van der Waals surface area contributed by atoms with Crippen LogP contribution in [0.15, 0.2) is 114 Å². The summed E-state index contributed by atoms with van der Waals surface area (Å²) in [5.74, 6) is -0.286. The molecule has 0 bridgehead atoms. The van der Waals surface area contributed by atoms with Gasteiger partial charge in [-0.3, -0.25) is 9.59 Å². The SMILES string of the molecule is O=C(COc1ccccc1/C=N/NC(=O)c1ccc(-c2csc(Nc3ccccc3)n2)cc1)Nc1ccccc1Cl. The monoisotopic (exact) mass is 581 g/mol. The van der Waals surface area contributed by atoms with E-state index in [-0.39, 0.29) is 18.4 Å². The molecule has 0 radical (unpaired) electrons. The van der Waals surface area contributed by atoms with Gasteiger partial charge in [-0.25, -0.2) is 10.4 Å². The number of para-hydroxylation sites is 3. The summed E-state index contributed by atoms with van der Waals surface area (Å²) in [5.41, 5.74) is 6.75. The number of thiazole rings is 1. The first-order valence-electron chi connectivity index (χ1n) is 12.5. The minimum absolute atomic E-state index is 0.225. The molecule has 0 aliphatic rings. The first-order chi connectivity index (χ1) is 20.0. The first-order valence-corrected chi connectivity index (χ1v) is 13.8. The van der Waals surface area contributed by atoms with E-state index in [2.05, 4.69) is 26.1 Å². The Bertz CT molecular complexity index is 1670. The van der Waals surface area contributed by atoms with Gasteiger partial charge in [0.2, 0.25) is 0 Å². The van der Waals surface area contributed by atoms with Crippen LogP contribution >= 0.6 is 22.9 Å². The number of rotatable bonds is 10. The van der Waals surface area contributed by atoms with Crippen LogP contribution in [0.25, 0.3) is 11.3 Å². The van der Waals surface area contributed by atoms with Crippen LogP contribution in [0, 0.1) is 0 Å². The number of nitrogens with zero attached hydrogens (tertiary/aromatic N) is 2. The number of benzene rings is 4. The largest absolute Gasteiger partial charge is 0.483 e. The second-order valence-electron chi connectivity index (χ2n) is 8.66. The number of hydrogen-bond acceptors (Lipinski definition) is 7. The lowest BCUT2D eigenvalue weighted by Gasteiger charge is -2.10. The molecule has 3 N–H and O–H groups in total. The zero-order chi connectivity index (χ0) is 28.4. The van der Waals surface area contributed by atoms with Gasteiger partial charge in [0.05, 0.1) is 22.6 Å². The van der Waals surface area contributed by atoms with Crippen molar-refractivity contribution in [2.45, 2.75) is 0 Å². The summed E-state index contributed by atoms with van der Waals surface area (Å²) in [6.07, 6.45) is 1.46. The summed E-state index contributed by atoms with van der Waals surface area (Å²) in [5, 5.41) is 13.2. The van der Waals surface area contributed by atoms with Gasteiger partial charge < -0.3 is 15.4 Å². The Kier molecular flexibility index (Phi) is 9.00. The topological polar surface area (TPSA) is 105 Å². The van der Waals surface area contributed by atoms with Crippen molar-refractivity contribution < 1.29 is 14.3 Å². The highest BCUT2D eigenvalue weighted by atomic mass is 35.5. The predicted molar refractivity (Wildman–Crippen MR) is 164 cm³/mol. The number of carbonyl (C=O) groups excluding carboxylic acids is 2. The lowest BCUT2D eigenvalue weighted by Crippen LogP contribution is -2.21. The van der Waals surface area contributed by atoms with Gasteiger partial charge >= 0.3 is 0 Å². The van der Waals surface area contributed by atoms with Crippen molar-refractivity contribution in [2.75, 3.05) is 17.2 Å². The lowest BCUT2D eigenvalue weighted by atomic mass is 10.1. The fraction of sp³-hybridized carbons (Fsp3) is 0.0323. The van der Waals surface area contributed by atoms with Crippen molar-refractivity contribution in [3.05, 3.63) is 125 Å². The number of nitrogens with one attached hydrogen (secondary N) is 3. The van der Waals surface area contributed by atoms with Crippen molar-refractivity contribution in [3.8, 4) is 17.0 Å². The molecule has 0 unspecified atom stereocenters. The number of hydrogen-bond donors (Lipinski definition) is 3. The number of amides is 2. The minimum Gasteiger partial charge on any atom is -0.483 e. The molecule has 0 fully saturated rings. The molecule has 0 aliphatic carbocycles. The molecule has 204 valence electrons. The quantitative estimate of drug-likeness (QED) is 0.122.